The number of aromatic nitrogens is 1. The van der Waals surface area contributed by atoms with Crippen LogP contribution >= 0.6 is 0 Å². The molecular weight excluding hydrogens is 272 g/mol. The van der Waals surface area contributed by atoms with Gasteiger partial charge in [0.15, 0.2) is 5.03 Å². The highest BCUT2D eigenvalue weighted by Gasteiger charge is 2.25. The van der Waals surface area contributed by atoms with Crippen molar-refractivity contribution >= 4 is 16.0 Å². The predicted octanol–water partition coefficient (Wildman–Crippen LogP) is -0.264. The Morgan fingerprint density at radius 3 is 2.79 bits per heavy atom. The SMILES string of the molecule is COC(=O)c1cc(S(=O)(=O)NCC2COC2)n(C)c1. The van der Waals surface area contributed by atoms with Gasteiger partial charge in [-0.3, -0.25) is 0 Å². The molecule has 1 aliphatic rings. The molecule has 7 nitrogen and oxygen atoms in total. The third-order valence-corrected chi connectivity index (χ3v) is 4.43. The highest BCUT2D eigenvalue weighted by molar-refractivity contribution is 7.89. The quantitative estimate of drug-likeness (QED) is 0.754. The first-order chi connectivity index (χ1) is 8.94. The van der Waals surface area contributed by atoms with E-state index in [4.69, 9.17) is 4.74 Å². The van der Waals surface area contributed by atoms with Crippen LogP contribution in [0.25, 0.3) is 0 Å². The van der Waals surface area contributed by atoms with Crippen molar-refractivity contribution in [3.8, 4) is 0 Å². The maximum atomic E-state index is 12.1. The summed E-state index contributed by atoms with van der Waals surface area (Å²) < 4.78 is 37.6. The Labute approximate surface area is 111 Å². The Kier molecular flexibility index (Phi) is 3.93. The van der Waals surface area contributed by atoms with Crippen molar-refractivity contribution in [3.05, 3.63) is 17.8 Å². The summed E-state index contributed by atoms with van der Waals surface area (Å²) in [6, 6.07) is 1.30. The van der Waals surface area contributed by atoms with Gasteiger partial charge < -0.3 is 14.0 Å². The van der Waals surface area contributed by atoms with Crippen molar-refractivity contribution in [2.24, 2.45) is 13.0 Å². The Bertz CT molecular complexity index is 574. The number of hydrogen-bond donors (Lipinski definition) is 1. The van der Waals surface area contributed by atoms with Crippen molar-refractivity contribution < 1.29 is 22.7 Å². The zero-order valence-corrected chi connectivity index (χ0v) is 11.6. The van der Waals surface area contributed by atoms with E-state index in [0.717, 1.165) is 0 Å². The second-order valence-electron chi connectivity index (χ2n) is 4.42. The van der Waals surface area contributed by atoms with Crippen molar-refractivity contribution in [2.45, 2.75) is 5.03 Å². The molecule has 0 atom stereocenters. The zero-order chi connectivity index (χ0) is 14.0. The number of sulfonamides is 1. The fourth-order valence-corrected chi connectivity index (χ4v) is 3.06. The molecule has 2 heterocycles. The molecule has 0 unspecified atom stereocenters. The van der Waals surface area contributed by atoms with Crippen LogP contribution in [0.2, 0.25) is 0 Å². The number of carbonyl (C=O) groups is 1. The first-order valence-electron chi connectivity index (χ1n) is 5.76. The van der Waals surface area contributed by atoms with Gasteiger partial charge in [-0.25, -0.2) is 17.9 Å². The maximum absolute atomic E-state index is 12.1. The molecule has 19 heavy (non-hydrogen) atoms. The van der Waals surface area contributed by atoms with Crippen LogP contribution < -0.4 is 4.72 Å². The lowest BCUT2D eigenvalue weighted by molar-refractivity contribution is -0.0284. The molecule has 1 N–H and O–H groups in total. The Morgan fingerprint density at radius 2 is 2.26 bits per heavy atom. The summed E-state index contributed by atoms with van der Waals surface area (Å²) in [5, 5.41) is 0.0353. The molecule has 1 aliphatic heterocycles. The van der Waals surface area contributed by atoms with E-state index in [9.17, 15) is 13.2 Å². The van der Waals surface area contributed by atoms with E-state index in [1.54, 1.807) is 7.05 Å². The third-order valence-electron chi connectivity index (χ3n) is 2.92. The first kappa shape index (κ1) is 14.0. The van der Waals surface area contributed by atoms with E-state index in [2.05, 4.69) is 9.46 Å². The van der Waals surface area contributed by atoms with Crippen molar-refractivity contribution in [2.75, 3.05) is 26.9 Å². The van der Waals surface area contributed by atoms with Gasteiger partial charge in [0.2, 0.25) is 0 Å². The molecule has 0 aromatic carbocycles. The van der Waals surface area contributed by atoms with Gasteiger partial charge in [0, 0.05) is 25.7 Å². The summed E-state index contributed by atoms with van der Waals surface area (Å²) in [4.78, 5) is 11.4. The summed E-state index contributed by atoms with van der Waals surface area (Å²) in [5.74, 6) is -0.348. The van der Waals surface area contributed by atoms with Gasteiger partial charge >= 0.3 is 5.97 Å². The van der Waals surface area contributed by atoms with E-state index in [-0.39, 0.29) is 16.5 Å². The minimum absolute atomic E-state index is 0.0353. The number of ether oxygens (including phenoxy) is 2. The Hall–Kier alpha value is -1.38. The van der Waals surface area contributed by atoms with E-state index < -0.39 is 16.0 Å². The predicted molar refractivity (Wildman–Crippen MR) is 66.3 cm³/mol. The van der Waals surface area contributed by atoms with Crippen LogP contribution in [0.5, 0.6) is 0 Å². The maximum Gasteiger partial charge on any atom is 0.339 e. The van der Waals surface area contributed by atoms with Crippen molar-refractivity contribution in [1.29, 1.82) is 0 Å². The van der Waals surface area contributed by atoms with Crippen LogP contribution in [-0.4, -0.2) is 45.8 Å². The normalized spacial score (nSPS) is 16.1. The molecule has 0 saturated carbocycles. The number of esters is 1. The number of carbonyl (C=O) groups excluding carboxylic acids is 1. The molecule has 0 amide bonds. The third kappa shape index (κ3) is 2.96. The number of hydrogen-bond acceptors (Lipinski definition) is 5. The second-order valence-corrected chi connectivity index (χ2v) is 6.14. The minimum Gasteiger partial charge on any atom is -0.465 e. The number of nitrogens with zero attached hydrogens (tertiary/aromatic N) is 1. The van der Waals surface area contributed by atoms with Gasteiger partial charge in [-0.1, -0.05) is 0 Å². The molecular formula is C11H16N2O5S. The fourth-order valence-electron chi connectivity index (χ4n) is 1.74. The van der Waals surface area contributed by atoms with Crippen LogP contribution in [0.1, 0.15) is 10.4 Å². The molecule has 0 bridgehead atoms. The fraction of sp³-hybridized carbons (Fsp3) is 0.545. The number of aryl methyl sites for hydroxylation is 1. The molecule has 1 aromatic rings. The molecule has 106 valence electrons. The first-order valence-corrected chi connectivity index (χ1v) is 7.24. The summed E-state index contributed by atoms with van der Waals surface area (Å²) in [6.07, 6.45) is 1.42. The standard InChI is InChI=1S/C11H16N2O5S/c1-13-5-9(11(14)17-2)3-10(13)19(15,16)12-4-8-6-18-7-8/h3,5,8,12H,4,6-7H2,1-2H3. The molecule has 8 heteroatoms. The van der Waals surface area contributed by atoms with E-state index in [1.165, 1.54) is 23.9 Å². The minimum atomic E-state index is -3.63. The lowest BCUT2D eigenvalue weighted by Gasteiger charge is -2.25. The van der Waals surface area contributed by atoms with Gasteiger partial charge in [0.05, 0.1) is 25.9 Å². The highest BCUT2D eigenvalue weighted by Crippen LogP contribution is 2.15. The highest BCUT2D eigenvalue weighted by atomic mass is 32.2. The molecule has 1 saturated heterocycles. The largest absolute Gasteiger partial charge is 0.465 e. The van der Waals surface area contributed by atoms with Gasteiger partial charge in [0.1, 0.15) is 0 Å². The van der Waals surface area contributed by atoms with Crippen LogP contribution in [0.4, 0.5) is 0 Å². The Morgan fingerprint density at radius 1 is 1.58 bits per heavy atom. The summed E-state index contributed by atoms with van der Waals surface area (Å²) >= 11 is 0. The van der Waals surface area contributed by atoms with Gasteiger partial charge in [-0.15, -0.1) is 0 Å². The number of methoxy groups -OCH3 is 1. The second kappa shape index (κ2) is 5.32. The lowest BCUT2D eigenvalue weighted by Crippen LogP contribution is -2.39. The van der Waals surface area contributed by atoms with Gasteiger partial charge in [0.25, 0.3) is 10.0 Å². The van der Waals surface area contributed by atoms with E-state index in [1.807, 2.05) is 0 Å². The summed E-state index contributed by atoms with van der Waals surface area (Å²) in [6.45, 7) is 1.48. The Balaban J connectivity index is 2.14. The number of rotatable bonds is 5. The van der Waals surface area contributed by atoms with E-state index >= 15 is 0 Å². The van der Waals surface area contributed by atoms with Crippen molar-refractivity contribution in [3.63, 3.8) is 0 Å². The van der Waals surface area contributed by atoms with Crippen LogP contribution in [0, 0.1) is 5.92 Å². The van der Waals surface area contributed by atoms with Gasteiger partial charge in [-0.05, 0) is 6.07 Å². The molecule has 0 radical (unpaired) electrons. The monoisotopic (exact) mass is 288 g/mol. The molecule has 1 fully saturated rings. The smallest absolute Gasteiger partial charge is 0.339 e. The topological polar surface area (TPSA) is 86.6 Å². The molecule has 2 rings (SSSR count). The molecule has 0 spiro atoms. The zero-order valence-electron chi connectivity index (χ0n) is 10.8. The van der Waals surface area contributed by atoms with Crippen LogP contribution in [0.15, 0.2) is 17.3 Å². The summed E-state index contributed by atoms with van der Waals surface area (Å²) in [5.41, 5.74) is 0.206. The number of nitrogens with one attached hydrogen (secondary N) is 1. The average molecular weight is 288 g/mol. The molecule has 1 aromatic heterocycles. The van der Waals surface area contributed by atoms with E-state index in [0.29, 0.717) is 19.8 Å². The van der Waals surface area contributed by atoms with Crippen molar-refractivity contribution in [1.82, 2.24) is 9.29 Å². The van der Waals surface area contributed by atoms with Crippen LogP contribution in [-0.2, 0) is 26.5 Å². The summed E-state index contributed by atoms with van der Waals surface area (Å²) in [7, 11) is -0.822. The lowest BCUT2D eigenvalue weighted by atomic mass is 10.1. The average Bonchev–Trinajstić information content (AvgIpc) is 2.69. The van der Waals surface area contributed by atoms with Gasteiger partial charge in [-0.2, -0.15) is 0 Å². The molecule has 0 aliphatic carbocycles. The van der Waals surface area contributed by atoms with Crippen LogP contribution in [0.3, 0.4) is 0 Å².